The molecule has 1 saturated carbocycles. The van der Waals surface area contributed by atoms with Gasteiger partial charge in [-0.1, -0.05) is 25.7 Å². The second-order valence-corrected chi connectivity index (χ2v) is 4.22. The Morgan fingerprint density at radius 3 is 2.31 bits per heavy atom. The third kappa shape index (κ3) is 4.10. The summed E-state index contributed by atoms with van der Waals surface area (Å²) in [5, 5.41) is 0. The molecular weight excluding hydrogens is 162 g/mol. The van der Waals surface area contributed by atoms with E-state index < -0.39 is 0 Å². The molecule has 0 spiro atoms. The van der Waals surface area contributed by atoms with Gasteiger partial charge in [0.15, 0.2) is 0 Å². The molecule has 0 bridgehead atoms. The molecule has 0 aromatic heterocycles. The standard InChI is InChI=1S/C11H23NO/c1-2-13-10-9-11(12)7-5-3-4-6-8-11/h2-10,12H2,1H3. The first-order chi connectivity index (χ1) is 6.27. The lowest BCUT2D eigenvalue weighted by molar-refractivity contribution is 0.121. The van der Waals surface area contributed by atoms with Crippen molar-refractivity contribution in [1.82, 2.24) is 0 Å². The third-order valence-electron chi connectivity index (χ3n) is 3.05. The van der Waals surface area contributed by atoms with E-state index in [2.05, 4.69) is 0 Å². The maximum Gasteiger partial charge on any atom is 0.0483 e. The van der Waals surface area contributed by atoms with E-state index in [4.69, 9.17) is 10.5 Å². The molecule has 0 aromatic rings. The SMILES string of the molecule is CCOCCC1(N)CCCCCC1. The molecule has 2 N–H and O–H groups in total. The summed E-state index contributed by atoms with van der Waals surface area (Å²) < 4.78 is 5.36. The first kappa shape index (κ1) is 11.0. The van der Waals surface area contributed by atoms with E-state index in [1.807, 2.05) is 6.92 Å². The van der Waals surface area contributed by atoms with Crippen LogP contribution in [0.3, 0.4) is 0 Å². The van der Waals surface area contributed by atoms with Crippen molar-refractivity contribution in [3.8, 4) is 0 Å². The van der Waals surface area contributed by atoms with Crippen LogP contribution < -0.4 is 5.73 Å². The Bertz CT molecular complexity index is 128. The molecule has 1 rings (SSSR count). The van der Waals surface area contributed by atoms with Crippen molar-refractivity contribution in [2.75, 3.05) is 13.2 Å². The molecule has 0 saturated heterocycles. The lowest BCUT2D eigenvalue weighted by atomic mass is 9.88. The monoisotopic (exact) mass is 185 g/mol. The van der Waals surface area contributed by atoms with Crippen molar-refractivity contribution in [2.24, 2.45) is 5.73 Å². The third-order valence-corrected chi connectivity index (χ3v) is 3.05. The highest BCUT2D eigenvalue weighted by molar-refractivity contribution is 4.85. The van der Waals surface area contributed by atoms with Crippen LogP contribution in [0.4, 0.5) is 0 Å². The van der Waals surface area contributed by atoms with Crippen LogP contribution in [-0.2, 0) is 4.74 Å². The minimum absolute atomic E-state index is 0.0890. The van der Waals surface area contributed by atoms with Crippen molar-refractivity contribution < 1.29 is 4.74 Å². The fourth-order valence-corrected chi connectivity index (χ4v) is 2.10. The topological polar surface area (TPSA) is 35.2 Å². The van der Waals surface area contributed by atoms with E-state index >= 15 is 0 Å². The predicted octanol–water partition coefficient (Wildman–Crippen LogP) is 2.46. The van der Waals surface area contributed by atoms with E-state index in [0.29, 0.717) is 0 Å². The zero-order valence-electron chi connectivity index (χ0n) is 8.85. The second-order valence-electron chi connectivity index (χ2n) is 4.22. The molecule has 0 amide bonds. The average molecular weight is 185 g/mol. The summed E-state index contributed by atoms with van der Waals surface area (Å²) in [7, 11) is 0. The van der Waals surface area contributed by atoms with Crippen LogP contribution in [0.25, 0.3) is 0 Å². The lowest BCUT2D eigenvalue weighted by Crippen LogP contribution is -2.40. The average Bonchev–Trinajstić information content (AvgIpc) is 2.31. The number of ether oxygens (including phenoxy) is 1. The minimum atomic E-state index is 0.0890. The molecular formula is C11H23NO. The number of nitrogens with two attached hydrogens (primary N) is 1. The molecule has 2 heteroatoms. The lowest BCUT2D eigenvalue weighted by Gasteiger charge is -2.27. The Labute approximate surface area is 81.8 Å². The Hall–Kier alpha value is -0.0800. The van der Waals surface area contributed by atoms with E-state index in [-0.39, 0.29) is 5.54 Å². The molecule has 0 radical (unpaired) electrons. The van der Waals surface area contributed by atoms with Crippen LogP contribution in [0, 0.1) is 0 Å². The molecule has 13 heavy (non-hydrogen) atoms. The van der Waals surface area contributed by atoms with Gasteiger partial charge in [-0.3, -0.25) is 0 Å². The van der Waals surface area contributed by atoms with Gasteiger partial charge in [0.05, 0.1) is 0 Å². The van der Waals surface area contributed by atoms with E-state index in [0.717, 1.165) is 19.6 Å². The highest BCUT2D eigenvalue weighted by Crippen LogP contribution is 2.27. The summed E-state index contributed by atoms with van der Waals surface area (Å²) in [5.41, 5.74) is 6.41. The van der Waals surface area contributed by atoms with Crippen molar-refractivity contribution in [3.63, 3.8) is 0 Å². The zero-order valence-corrected chi connectivity index (χ0v) is 8.85. The van der Waals surface area contributed by atoms with Gasteiger partial charge >= 0.3 is 0 Å². The molecule has 0 atom stereocenters. The summed E-state index contributed by atoms with van der Waals surface area (Å²) in [6, 6.07) is 0. The fraction of sp³-hybridized carbons (Fsp3) is 1.00. The van der Waals surface area contributed by atoms with Crippen LogP contribution in [0.5, 0.6) is 0 Å². The number of rotatable bonds is 4. The van der Waals surface area contributed by atoms with Crippen molar-refractivity contribution in [3.05, 3.63) is 0 Å². The van der Waals surface area contributed by atoms with Gasteiger partial charge in [-0.25, -0.2) is 0 Å². The summed E-state index contributed by atoms with van der Waals surface area (Å²) in [6.45, 7) is 3.69. The highest BCUT2D eigenvalue weighted by Gasteiger charge is 2.25. The van der Waals surface area contributed by atoms with E-state index in [9.17, 15) is 0 Å². The Morgan fingerprint density at radius 2 is 1.77 bits per heavy atom. The van der Waals surface area contributed by atoms with Crippen molar-refractivity contribution in [2.45, 2.75) is 57.4 Å². The molecule has 1 aliphatic carbocycles. The number of hydrogen-bond donors (Lipinski definition) is 1. The maximum atomic E-state index is 6.32. The second kappa shape index (κ2) is 5.61. The predicted molar refractivity (Wildman–Crippen MR) is 55.7 cm³/mol. The fourth-order valence-electron chi connectivity index (χ4n) is 2.10. The summed E-state index contributed by atoms with van der Waals surface area (Å²) in [6.07, 6.45) is 8.79. The van der Waals surface area contributed by atoms with Gasteiger partial charge in [0.25, 0.3) is 0 Å². The maximum absolute atomic E-state index is 6.32. The molecule has 0 aliphatic heterocycles. The normalized spacial score (nSPS) is 22.6. The molecule has 1 fully saturated rings. The Balaban J connectivity index is 2.25. The van der Waals surface area contributed by atoms with E-state index in [1.54, 1.807) is 0 Å². The smallest absolute Gasteiger partial charge is 0.0483 e. The molecule has 0 aromatic carbocycles. The largest absolute Gasteiger partial charge is 0.382 e. The van der Waals surface area contributed by atoms with Gasteiger partial charge in [-0.15, -0.1) is 0 Å². The Morgan fingerprint density at radius 1 is 1.15 bits per heavy atom. The summed E-state index contributed by atoms with van der Waals surface area (Å²) in [4.78, 5) is 0. The van der Waals surface area contributed by atoms with Crippen LogP contribution in [0.15, 0.2) is 0 Å². The minimum Gasteiger partial charge on any atom is -0.382 e. The highest BCUT2D eigenvalue weighted by atomic mass is 16.5. The Kier molecular flexibility index (Phi) is 4.74. The summed E-state index contributed by atoms with van der Waals surface area (Å²) >= 11 is 0. The zero-order chi connectivity index (χ0) is 9.57. The molecule has 78 valence electrons. The van der Waals surface area contributed by atoms with Crippen LogP contribution >= 0.6 is 0 Å². The molecule has 1 aliphatic rings. The van der Waals surface area contributed by atoms with Crippen LogP contribution in [-0.4, -0.2) is 18.8 Å². The number of hydrogen-bond acceptors (Lipinski definition) is 2. The first-order valence-corrected chi connectivity index (χ1v) is 5.63. The van der Waals surface area contributed by atoms with Gasteiger partial charge in [0, 0.05) is 18.8 Å². The molecule has 2 nitrogen and oxygen atoms in total. The van der Waals surface area contributed by atoms with Gasteiger partial charge in [0.2, 0.25) is 0 Å². The first-order valence-electron chi connectivity index (χ1n) is 5.63. The molecule has 0 unspecified atom stereocenters. The van der Waals surface area contributed by atoms with Crippen LogP contribution in [0.1, 0.15) is 51.9 Å². The summed E-state index contributed by atoms with van der Waals surface area (Å²) in [5.74, 6) is 0. The van der Waals surface area contributed by atoms with Crippen molar-refractivity contribution >= 4 is 0 Å². The van der Waals surface area contributed by atoms with E-state index in [1.165, 1.54) is 38.5 Å². The van der Waals surface area contributed by atoms with Gasteiger partial charge in [-0.2, -0.15) is 0 Å². The van der Waals surface area contributed by atoms with Crippen LogP contribution in [0.2, 0.25) is 0 Å². The van der Waals surface area contributed by atoms with Gasteiger partial charge in [0.1, 0.15) is 0 Å². The van der Waals surface area contributed by atoms with Crippen molar-refractivity contribution in [1.29, 1.82) is 0 Å². The van der Waals surface area contributed by atoms with Gasteiger partial charge < -0.3 is 10.5 Å². The quantitative estimate of drug-likeness (QED) is 0.539. The van der Waals surface area contributed by atoms with Gasteiger partial charge in [-0.05, 0) is 26.2 Å². The molecule has 0 heterocycles.